The van der Waals surface area contributed by atoms with Crippen LogP contribution in [-0.4, -0.2) is 51.2 Å². The van der Waals surface area contributed by atoms with E-state index in [-0.39, 0.29) is 5.97 Å². The van der Waals surface area contributed by atoms with Gasteiger partial charge in [0.05, 0.1) is 24.0 Å². The van der Waals surface area contributed by atoms with E-state index in [0.29, 0.717) is 23.2 Å². The second-order valence-electron chi connectivity index (χ2n) is 5.68. The predicted octanol–water partition coefficient (Wildman–Crippen LogP) is 1.44. The number of anilines is 2. The summed E-state index contributed by atoms with van der Waals surface area (Å²) in [5.41, 5.74) is 8.23. The van der Waals surface area contributed by atoms with Gasteiger partial charge in [0.15, 0.2) is 0 Å². The van der Waals surface area contributed by atoms with E-state index < -0.39 is 0 Å². The highest BCUT2D eigenvalue weighted by molar-refractivity contribution is 5.92. The molecule has 2 N–H and O–H groups in total. The van der Waals surface area contributed by atoms with E-state index in [2.05, 4.69) is 30.8 Å². The monoisotopic (exact) mass is 277 g/mol. The van der Waals surface area contributed by atoms with E-state index in [1.165, 1.54) is 7.11 Å². The third kappa shape index (κ3) is 2.72. The van der Waals surface area contributed by atoms with Crippen LogP contribution in [0.4, 0.5) is 11.4 Å². The fraction of sp³-hybridized carbons (Fsp3) is 0.533. The molecule has 1 aromatic rings. The first-order valence-corrected chi connectivity index (χ1v) is 6.83. The van der Waals surface area contributed by atoms with E-state index in [0.717, 1.165) is 18.8 Å². The molecule has 2 unspecified atom stereocenters. The van der Waals surface area contributed by atoms with Crippen molar-refractivity contribution in [3.05, 3.63) is 23.8 Å². The lowest BCUT2D eigenvalue weighted by Gasteiger charge is -2.24. The van der Waals surface area contributed by atoms with Crippen LogP contribution < -0.4 is 10.6 Å². The van der Waals surface area contributed by atoms with Gasteiger partial charge in [-0.25, -0.2) is 4.79 Å². The summed E-state index contributed by atoms with van der Waals surface area (Å²) in [4.78, 5) is 16.1. The number of rotatable bonds is 3. The molecule has 110 valence electrons. The second kappa shape index (κ2) is 5.71. The molecule has 0 aromatic heterocycles. The van der Waals surface area contributed by atoms with Crippen molar-refractivity contribution in [3.63, 3.8) is 0 Å². The van der Waals surface area contributed by atoms with Crippen molar-refractivity contribution in [2.24, 2.45) is 5.92 Å². The maximum atomic E-state index is 11.6. The maximum absolute atomic E-state index is 11.6. The molecule has 0 aliphatic carbocycles. The van der Waals surface area contributed by atoms with Gasteiger partial charge >= 0.3 is 5.97 Å². The summed E-state index contributed by atoms with van der Waals surface area (Å²) in [7, 11) is 5.58. The number of ether oxygens (including phenoxy) is 1. The van der Waals surface area contributed by atoms with Gasteiger partial charge in [0, 0.05) is 19.1 Å². The Balaban J connectivity index is 2.27. The number of carbonyl (C=O) groups excluding carboxylic acids is 1. The number of esters is 1. The Bertz CT molecular complexity index is 502. The average molecular weight is 277 g/mol. The van der Waals surface area contributed by atoms with Crippen LogP contribution in [0.2, 0.25) is 0 Å². The van der Waals surface area contributed by atoms with E-state index in [1.807, 2.05) is 6.07 Å². The SMILES string of the molecule is COC(=O)c1ccc(N)c(N2CC(C)C(N(C)C)C2)c1. The topological polar surface area (TPSA) is 58.8 Å². The van der Waals surface area contributed by atoms with E-state index >= 15 is 0 Å². The molecule has 5 nitrogen and oxygen atoms in total. The number of nitrogen functional groups attached to an aromatic ring is 1. The lowest BCUT2D eigenvalue weighted by Crippen LogP contribution is -2.34. The Morgan fingerprint density at radius 2 is 2.10 bits per heavy atom. The summed E-state index contributed by atoms with van der Waals surface area (Å²) < 4.78 is 4.77. The molecule has 1 aromatic carbocycles. The molecule has 1 aliphatic heterocycles. The number of hydrogen-bond donors (Lipinski definition) is 1. The van der Waals surface area contributed by atoms with Gasteiger partial charge in [-0.3, -0.25) is 0 Å². The Kier molecular flexibility index (Phi) is 4.18. The zero-order valence-electron chi connectivity index (χ0n) is 12.6. The van der Waals surface area contributed by atoms with Gasteiger partial charge < -0.3 is 20.3 Å². The first-order chi connectivity index (χ1) is 9.43. The third-order valence-corrected chi connectivity index (χ3v) is 4.03. The van der Waals surface area contributed by atoms with Gasteiger partial charge in [0.1, 0.15) is 0 Å². The summed E-state index contributed by atoms with van der Waals surface area (Å²) in [5, 5.41) is 0. The number of hydrogen-bond acceptors (Lipinski definition) is 5. The number of benzene rings is 1. The summed E-state index contributed by atoms with van der Waals surface area (Å²) in [6, 6.07) is 5.80. The normalized spacial score (nSPS) is 22.4. The van der Waals surface area contributed by atoms with Crippen molar-refractivity contribution in [3.8, 4) is 0 Å². The summed E-state index contributed by atoms with van der Waals surface area (Å²) >= 11 is 0. The molecule has 5 heteroatoms. The van der Waals surface area contributed by atoms with Crippen LogP contribution in [0.25, 0.3) is 0 Å². The molecule has 1 saturated heterocycles. The minimum Gasteiger partial charge on any atom is -0.465 e. The molecular weight excluding hydrogens is 254 g/mol. The molecular formula is C15H23N3O2. The molecule has 2 rings (SSSR count). The van der Waals surface area contributed by atoms with Gasteiger partial charge in [0.2, 0.25) is 0 Å². The number of nitrogens with zero attached hydrogens (tertiary/aromatic N) is 2. The van der Waals surface area contributed by atoms with Crippen molar-refractivity contribution in [2.75, 3.05) is 44.9 Å². The molecule has 20 heavy (non-hydrogen) atoms. The van der Waals surface area contributed by atoms with Gasteiger partial charge in [-0.15, -0.1) is 0 Å². The molecule has 1 aliphatic rings. The minimum atomic E-state index is -0.331. The summed E-state index contributed by atoms with van der Waals surface area (Å²) in [5.74, 6) is 0.230. The molecule has 0 bridgehead atoms. The van der Waals surface area contributed by atoms with Crippen molar-refractivity contribution >= 4 is 17.3 Å². The van der Waals surface area contributed by atoms with Gasteiger partial charge in [-0.2, -0.15) is 0 Å². The van der Waals surface area contributed by atoms with Crippen LogP contribution in [0, 0.1) is 5.92 Å². The zero-order valence-corrected chi connectivity index (χ0v) is 12.6. The Hall–Kier alpha value is -1.75. The van der Waals surface area contributed by atoms with Crippen LogP contribution in [0.3, 0.4) is 0 Å². The largest absolute Gasteiger partial charge is 0.465 e. The van der Waals surface area contributed by atoms with Crippen molar-refractivity contribution in [2.45, 2.75) is 13.0 Å². The highest BCUT2D eigenvalue weighted by atomic mass is 16.5. The highest BCUT2D eigenvalue weighted by Crippen LogP contribution is 2.31. The van der Waals surface area contributed by atoms with Crippen molar-refractivity contribution in [1.82, 2.24) is 4.90 Å². The molecule has 0 saturated carbocycles. The first-order valence-electron chi connectivity index (χ1n) is 6.83. The highest BCUT2D eigenvalue weighted by Gasteiger charge is 2.32. The minimum absolute atomic E-state index is 0.331. The van der Waals surface area contributed by atoms with Gasteiger partial charge in [0.25, 0.3) is 0 Å². The fourth-order valence-electron chi connectivity index (χ4n) is 2.88. The van der Waals surface area contributed by atoms with Crippen LogP contribution in [0.15, 0.2) is 18.2 Å². The Morgan fingerprint density at radius 3 is 2.65 bits per heavy atom. The van der Waals surface area contributed by atoms with Crippen molar-refractivity contribution in [1.29, 1.82) is 0 Å². The molecule has 1 fully saturated rings. The van der Waals surface area contributed by atoms with E-state index in [4.69, 9.17) is 10.5 Å². The second-order valence-corrected chi connectivity index (χ2v) is 5.68. The Morgan fingerprint density at radius 1 is 1.40 bits per heavy atom. The predicted molar refractivity (Wildman–Crippen MR) is 81.0 cm³/mol. The van der Waals surface area contributed by atoms with Crippen LogP contribution in [0.1, 0.15) is 17.3 Å². The van der Waals surface area contributed by atoms with Crippen molar-refractivity contribution < 1.29 is 9.53 Å². The third-order valence-electron chi connectivity index (χ3n) is 4.03. The first kappa shape index (κ1) is 14.7. The lowest BCUT2D eigenvalue weighted by atomic mass is 10.1. The number of carbonyl (C=O) groups is 1. The molecule has 1 heterocycles. The zero-order chi connectivity index (χ0) is 14.9. The fourth-order valence-corrected chi connectivity index (χ4v) is 2.88. The van der Waals surface area contributed by atoms with Gasteiger partial charge in [-0.05, 0) is 38.2 Å². The number of likely N-dealkylation sites (N-methyl/N-ethyl adjacent to an activating group) is 1. The molecule has 2 atom stereocenters. The number of nitrogens with two attached hydrogens (primary N) is 1. The standard InChI is InChI=1S/C15H23N3O2/c1-10-8-18(9-14(10)17(2)3)13-7-11(15(19)20-4)5-6-12(13)16/h5-7,10,14H,8-9,16H2,1-4H3. The van der Waals surface area contributed by atoms with Gasteiger partial charge in [-0.1, -0.05) is 6.92 Å². The summed E-state index contributed by atoms with van der Waals surface area (Å²) in [6.45, 7) is 4.10. The quantitative estimate of drug-likeness (QED) is 0.669. The average Bonchev–Trinajstić information content (AvgIpc) is 2.80. The summed E-state index contributed by atoms with van der Waals surface area (Å²) in [6.07, 6.45) is 0. The molecule has 0 amide bonds. The lowest BCUT2D eigenvalue weighted by molar-refractivity contribution is 0.0601. The maximum Gasteiger partial charge on any atom is 0.337 e. The molecule has 0 radical (unpaired) electrons. The smallest absolute Gasteiger partial charge is 0.337 e. The van der Waals surface area contributed by atoms with Crippen LogP contribution >= 0.6 is 0 Å². The van der Waals surface area contributed by atoms with E-state index in [1.54, 1.807) is 12.1 Å². The molecule has 0 spiro atoms. The van der Waals surface area contributed by atoms with Crippen LogP contribution in [0.5, 0.6) is 0 Å². The number of methoxy groups -OCH3 is 1. The Labute approximate surface area is 120 Å². The van der Waals surface area contributed by atoms with Crippen LogP contribution in [-0.2, 0) is 4.74 Å². The van der Waals surface area contributed by atoms with E-state index in [9.17, 15) is 4.79 Å².